The molecule has 0 saturated carbocycles. The maximum atomic E-state index is 10.8. The smallest absolute Gasteiger partial charge is 0.0850 e. The average molecular weight is 483 g/mol. The Bertz CT molecular complexity index is 670. The molecule has 0 amide bonds. The molecule has 1 N–H and O–H groups in total. The summed E-state index contributed by atoms with van der Waals surface area (Å²) in [7, 11) is 0. The lowest BCUT2D eigenvalue weighted by Gasteiger charge is -2.47. The molecule has 5 heterocycles. The van der Waals surface area contributed by atoms with Crippen LogP contribution in [0.15, 0.2) is 36.5 Å². The lowest BCUT2D eigenvalue weighted by atomic mass is 9.69. The van der Waals surface area contributed by atoms with Crippen molar-refractivity contribution in [3.05, 3.63) is 36.5 Å². The minimum Gasteiger partial charge on any atom is -0.388 e. The van der Waals surface area contributed by atoms with Crippen LogP contribution in [-0.4, -0.2) is 60.3 Å². The van der Waals surface area contributed by atoms with E-state index in [1.807, 2.05) is 6.08 Å². The Balaban J connectivity index is 1.51. The monoisotopic (exact) mass is 482 g/mol. The number of aliphatic hydroxyl groups is 1. The number of allylic oxidation sites excluding steroid dienone is 4. The molecule has 3 heteroatoms. The zero-order valence-corrected chi connectivity index (χ0v) is 22.5. The van der Waals surface area contributed by atoms with Crippen LogP contribution in [-0.2, 0) is 0 Å². The molecule has 2 fully saturated rings. The fourth-order valence-electron chi connectivity index (χ4n) is 7.53. The van der Waals surface area contributed by atoms with Crippen LogP contribution in [0.4, 0.5) is 0 Å². The number of piperidine rings is 2. The third-order valence-corrected chi connectivity index (χ3v) is 9.36. The summed E-state index contributed by atoms with van der Waals surface area (Å²) in [6.45, 7) is 7.10. The highest BCUT2D eigenvalue weighted by atomic mass is 16.3. The SMILES string of the molecule is O[C@@H]1/C=C\C=C/CCCCCC[C@H]2CN3CC/C=C\CCCCCC[C@H]4C[C@H](CN(C4)C1)[C@H]2CC3. The largest absolute Gasteiger partial charge is 0.388 e. The van der Waals surface area contributed by atoms with E-state index in [4.69, 9.17) is 0 Å². The lowest BCUT2D eigenvalue weighted by Crippen LogP contribution is -2.50. The van der Waals surface area contributed by atoms with E-state index in [2.05, 4.69) is 40.2 Å². The maximum absolute atomic E-state index is 10.8. The van der Waals surface area contributed by atoms with E-state index in [0.717, 1.165) is 30.2 Å². The van der Waals surface area contributed by atoms with Crippen molar-refractivity contribution in [1.29, 1.82) is 0 Å². The van der Waals surface area contributed by atoms with Crippen LogP contribution in [0.25, 0.3) is 0 Å². The van der Waals surface area contributed by atoms with Crippen LogP contribution in [0, 0.1) is 23.7 Å². The van der Waals surface area contributed by atoms with Crippen molar-refractivity contribution in [1.82, 2.24) is 9.80 Å². The van der Waals surface area contributed by atoms with E-state index in [-0.39, 0.29) is 6.10 Å². The van der Waals surface area contributed by atoms with Crippen molar-refractivity contribution in [2.24, 2.45) is 23.7 Å². The van der Waals surface area contributed by atoms with Gasteiger partial charge in [-0.3, -0.25) is 4.90 Å². The molecule has 5 aliphatic heterocycles. The number of hydrogen-bond acceptors (Lipinski definition) is 3. The summed E-state index contributed by atoms with van der Waals surface area (Å²) < 4.78 is 0. The molecule has 0 aromatic heterocycles. The molecule has 0 aliphatic carbocycles. The molecule has 6 bridgehead atoms. The van der Waals surface area contributed by atoms with Gasteiger partial charge < -0.3 is 10.0 Å². The molecule has 7 atom stereocenters. The van der Waals surface area contributed by atoms with Crippen LogP contribution < -0.4 is 0 Å². The molecule has 2 saturated heterocycles. The van der Waals surface area contributed by atoms with E-state index in [1.165, 1.54) is 129 Å². The van der Waals surface area contributed by atoms with E-state index in [9.17, 15) is 5.11 Å². The van der Waals surface area contributed by atoms with Crippen LogP contribution in [0.2, 0.25) is 0 Å². The average Bonchev–Trinajstić information content (AvgIpc) is 2.85. The molecule has 0 aromatic rings. The molecule has 0 aromatic carbocycles. The Labute approximate surface area is 216 Å². The molecule has 2 unspecified atom stereocenters. The van der Waals surface area contributed by atoms with Gasteiger partial charge in [0.05, 0.1) is 6.10 Å². The zero-order valence-electron chi connectivity index (χ0n) is 22.5. The van der Waals surface area contributed by atoms with Gasteiger partial charge in [0.15, 0.2) is 0 Å². The topological polar surface area (TPSA) is 26.7 Å². The Hall–Kier alpha value is -0.900. The summed E-state index contributed by atoms with van der Waals surface area (Å²) in [4.78, 5) is 5.45. The van der Waals surface area contributed by atoms with Crippen LogP contribution in [0.5, 0.6) is 0 Å². The van der Waals surface area contributed by atoms with Crippen molar-refractivity contribution in [2.45, 2.75) is 102 Å². The predicted molar refractivity (Wildman–Crippen MR) is 150 cm³/mol. The van der Waals surface area contributed by atoms with Gasteiger partial charge in [0.25, 0.3) is 0 Å². The van der Waals surface area contributed by atoms with Gasteiger partial charge in [-0.05, 0) is 88.0 Å². The first-order valence-electron chi connectivity index (χ1n) is 15.4. The van der Waals surface area contributed by atoms with Gasteiger partial charge in [-0.15, -0.1) is 0 Å². The van der Waals surface area contributed by atoms with E-state index in [0.29, 0.717) is 0 Å². The first-order chi connectivity index (χ1) is 17.3. The Kier molecular flexibility index (Phi) is 11.9. The van der Waals surface area contributed by atoms with Gasteiger partial charge in [0.1, 0.15) is 0 Å². The number of fused-ring (bicyclic) bond motifs is 10. The van der Waals surface area contributed by atoms with Crippen LogP contribution in [0.1, 0.15) is 96.3 Å². The summed E-state index contributed by atoms with van der Waals surface area (Å²) in [6, 6.07) is 0. The summed E-state index contributed by atoms with van der Waals surface area (Å²) in [5.41, 5.74) is 0. The fraction of sp³-hybridized carbons (Fsp3) is 0.812. The van der Waals surface area contributed by atoms with Crippen molar-refractivity contribution in [3.8, 4) is 0 Å². The Morgan fingerprint density at radius 1 is 0.571 bits per heavy atom. The first kappa shape index (κ1) is 27.1. The van der Waals surface area contributed by atoms with E-state index in [1.54, 1.807) is 0 Å². The third-order valence-electron chi connectivity index (χ3n) is 9.36. The van der Waals surface area contributed by atoms with Gasteiger partial charge in [0, 0.05) is 32.7 Å². The Morgan fingerprint density at radius 3 is 2.20 bits per heavy atom. The van der Waals surface area contributed by atoms with E-state index < -0.39 is 0 Å². The molecule has 5 aliphatic rings. The molecule has 198 valence electrons. The van der Waals surface area contributed by atoms with Gasteiger partial charge in [-0.2, -0.15) is 0 Å². The minimum absolute atomic E-state index is 0.346. The number of nitrogens with zero attached hydrogens (tertiary/aromatic N) is 2. The highest BCUT2D eigenvalue weighted by molar-refractivity contribution is 5.05. The Morgan fingerprint density at radius 2 is 1.31 bits per heavy atom. The number of rotatable bonds is 0. The van der Waals surface area contributed by atoms with Crippen molar-refractivity contribution < 1.29 is 5.11 Å². The van der Waals surface area contributed by atoms with Gasteiger partial charge in [-0.1, -0.05) is 75.0 Å². The summed E-state index contributed by atoms with van der Waals surface area (Å²) in [5, 5.41) is 10.8. The van der Waals surface area contributed by atoms with Crippen molar-refractivity contribution in [2.75, 3.05) is 39.3 Å². The summed E-state index contributed by atoms with van der Waals surface area (Å²) in [5.74, 6) is 3.40. The van der Waals surface area contributed by atoms with E-state index >= 15 is 0 Å². The number of hydrogen-bond donors (Lipinski definition) is 1. The molecule has 5 rings (SSSR count). The number of aliphatic hydroxyl groups excluding tert-OH is 1. The maximum Gasteiger partial charge on any atom is 0.0850 e. The van der Waals surface area contributed by atoms with Gasteiger partial charge >= 0.3 is 0 Å². The minimum atomic E-state index is -0.346. The quantitative estimate of drug-likeness (QED) is 0.377. The van der Waals surface area contributed by atoms with Crippen LogP contribution >= 0.6 is 0 Å². The second-order valence-electron chi connectivity index (χ2n) is 12.2. The van der Waals surface area contributed by atoms with Gasteiger partial charge in [0.2, 0.25) is 0 Å². The molecule has 3 nitrogen and oxygen atoms in total. The predicted octanol–water partition coefficient (Wildman–Crippen LogP) is 6.99. The molecular formula is C32H54N2O. The summed E-state index contributed by atoms with van der Waals surface area (Å²) >= 11 is 0. The van der Waals surface area contributed by atoms with Crippen molar-refractivity contribution in [3.63, 3.8) is 0 Å². The highest BCUT2D eigenvalue weighted by Crippen LogP contribution is 2.40. The highest BCUT2D eigenvalue weighted by Gasteiger charge is 2.38. The molecular weight excluding hydrogens is 428 g/mol. The molecule has 0 spiro atoms. The second-order valence-corrected chi connectivity index (χ2v) is 12.2. The standard InChI is InChI=1S/C32H54N2O/c35-31-19-15-11-7-2-1-6-10-14-18-29-25-33-21-16-12-8-4-3-5-9-13-17-28-23-30(32(29)20-22-33)26-34(24-28)27-31/h7-8,11-12,15,19,28-32,35H,1-6,9-10,13-14,16-18,20-27H2/b11-7-,12-8-,19-15-/t28-,29-,30+,31+,32-/m0/s1. The first-order valence-corrected chi connectivity index (χ1v) is 15.4. The second kappa shape index (κ2) is 15.4. The molecule has 35 heavy (non-hydrogen) atoms. The molecule has 0 radical (unpaired) electrons. The normalized spacial score (nSPS) is 41.6. The summed E-state index contributed by atoms with van der Waals surface area (Å²) in [6.07, 6.45) is 33.4. The fourth-order valence-corrected chi connectivity index (χ4v) is 7.53. The van der Waals surface area contributed by atoms with Crippen molar-refractivity contribution >= 4 is 0 Å². The zero-order chi connectivity index (χ0) is 24.1. The lowest BCUT2D eigenvalue weighted by molar-refractivity contribution is 0.00963. The van der Waals surface area contributed by atoms with Crippen LogP contribution in [0.3, 0.4) is 0 Å². The van der Waals surface area contributed by atoms with Gasteiger partial charge in [-0.25, -0.2) is 0 Å². The third kappa shape index (κ3) is 9.48.